The molecule has 0 atom stereocenters. The molecular weight excluding hydrogens is 367 g/mol. The van der Waals surface area contributed by atoms with E-state index in [2.05, 4.69) is 10.4 Å². The van der Waals surface area contributed by atoms with Gasteiger partial charge in [0.15, 0.2) is 5.11 Å². The third-order valence-electron chi connectivity index (χ3n) is 3.58. The summed E-state index contributed by atoms with van der Waals surface area (Å²) in [6.45, 7) is 3.15. The first-order chi connectivity index (χ1) is 11.5. The average molecular weight is 381 g/mol. The van der Waals surface area contributed by atoms with Crippen molar-refractivity contribution in [3.05, 3.63) is 57.5 Å². The fourth-order valence-corrected chi connectivity index (χ4v) is 3.05. The molecule has 0 radical (unpaired) electrons. The van der Waals surface area contributed by atoms with Gasteiger partial charge < -0.3 is 5.32 Å². The Kier molecular flexibility index (Phi) is 4.89. The van der Waals surface area contributed by atoms with Gasteiger partial charge in [-0.25, -0.2) is 0 Å². The topological polar surface area (TPSA) is 50.2 Å². The maximum atomic E-state index is 12.6. The average Bonchev–Trinajstić information content (AvgIpc) is 3.10. The minimum absolute atomic E-state index is 0.199. The maximum absolute atomic E-state index is 12.6. The normalized spacial score (nSPS) is 16.1. The molecule has 8 heteroatoms. The summed E-state index contributed by atoms with van der Waals surface area (Å²) in [5.74, 6) is -0.199. The van der Waals surface area contributed by atoms with Gasteiger partial charge in [-0.2, -0.15) is 5.10 Å². The van der Waals surface area contributed by atoms with Crippen LogP contribution in [0, 0.1) is 0 Å². The van der Waals surface area contributed by atoms with Gasteiger partial charge in [0.25, 0.3) is 5.91 Å². The number of hydrogen-bond donors (Lipinski definition) is 1. The number of carbonyl (C=O) groups excluding carboxylic acids is 1. The van der Waals surface area contributed by atoms with Crippen molar-refractivity contribution in [3.63, 3.8) is 0 Å². The van der Waals surface area contributed by atoms with E-state index in [-0.39, 0.29) is 5.91 Å². The number of thiocarbonyl (C=S) groups is 1. The lowest BCUT2D eigenvalue weighted by molar-refractivity contribution is -0.122. The van der Waals surface area contributed by atoms with Crippen LogP contribution in [0.15, 0.2) is 36.3 Å². The highest BCUT2D eigenvalue weighted by Crippen LogP contribution is 2.24. The summed E-state index contributed by atoms with van der Waals surface area (Å²) < 4.78 is 1.80. The van der Waals surface area contributed by atoms with Crippen LogP contribution in [0.2, 0.25) is 10.0 Å². The van der Waals surface area contributed by atoms with Gasteiger partial charge in [-0.15, -0.1) is 0 Å². The van der Waals surface area contributed by atoms with Crippen LogP contribution in [0.3, 0.4) is 0 Å². The number of halogens is 2. The quantitative estimate of drug-likeness (QED) is 0.651. The Hall–Kier alpha value is -1.89. The number of hydrogen-bond acceptors (Lipinski definition) is 3. The van der Waals surface area contributed by atoms with E-state index in [1.165, 1.54) is 4.90 Å². The first kappa shape index (κ1) is 17.0. The predicted octanol–water partition coefficient (Wildman–Crippen LogP) is 3.47. The molecule has 1 fully saturated rings. The van der Waals surface area contributed by atoms with Crippen LogP contribution in [0.5, 0.6) is 0 Å². The molecule has 3 rings (SSSR count). The summed E-state index contributed by atoms with van der Waals surface area (Å²) in [6.07, 6.45) is 5.30. The monoisotopic (exact) mass is 380 g/mol. The highest BCUT2D eigenvalue weighted by molar-refractivity contribution is 7.80. The second kappa shape index (κ2) is 6.93. The van der Waals surface area contributed by atoms with Crippen LogP contribution in [0.25, 0.3) is 6.08 Å². The Morgan fingerprint density at radius 1 is 1.38 bits per heavy atom. The van der Waals surface area contributed by atoms with Crippen LogP contribution in [-0.2, 0) is 17.9 Å². The van der Waals surface area contributed by atoms with Gasteiger partial charge >= 0.3 is 0 Å². The Labute approximate surface area is 154 Å². The first-order valence-corrected chi connectivity index (χ1v) is 8.45. The van der Waals surface area contributed by atoms with Crippen molar-refractivity contribution in [2.45, 2.75) is 20.0 Å². The largest absolute Gasteiger partial charge is 0.328 e. The van der Waals surface area contributed by atoms with Crippen molar-refractivity contribution >= 4 is 52.5 Å². The molecule has 0 bridgehead atoms. The van der Waals surface area contributed by atoms with Crippen molar-refractivity contribution in [1.29, 1.82) is 0 Å². The number of rotatable bonds is 4. The van der Waals surface area contributed by atoms with Crippen LogP contribution in [0.1, 0.15) is 18.1 Å². The van der Waals surface area contributed by atoms with Gasteiger partial charge in [-0.3, -0.25) is 14.4 Å². The zero-order chi connectivity index (χ0) is 17.3. The van der Waals surface area contributed by atoms with Crippen molar-refractivity contribution < 1.29 is 4.79 Å². The lowest BCUT2D eigenvalue weighted by Crippen LogP contribution is -2.29. The summed E-state index contributed by atoms with van der Waals surface area (Å²) in [5.41, 5.74) is 1.99. The Balaban J connectivity index is 1.81. The van der Waals surface area contributed by atoms with E-state index < -0.39 is 0 Å². The highest BCUT2D eigenvalue weighted by atomic mass is 35.5. The van der Waals surface area contributed by atoms with Crippen molar-refractivity contribution in [2.75, 3.05) is 0 Å². The standard InChI is InChI=1S/C16H14Cl2N4OS/c1-2-21-8-10(7-19-21)9-22-15(23)14(20-16(22)24)5-11-3-4-12(17)6-13(11)18/h3-8H,2,9H2,1H3,(H,20,24)/b14-5+. The maximum Gasteiger partial charge on any atom is 0.276 e. The molecule has 1 saturated heterocycles. The van der Waals surface area contributed by atoms with Crippen molar-refractivity contribution in [1.82, 2.24) is 20.0 Å². The number of amides is 1. The van der Waals surface area contributed by atoms with Crippen molar-refractivity contribution in [3.8, 4) is 0 Å². The third-order valence-corrected chi connectivity index (χ3v) is 4.46. The van der Waals surface area contributed by atoms with Gasteiger partial charge in [-0.1, -0.05) is 29.3 Å². The molecule has 1 aromatic carbocycles. The molecule has 1 N–H and O–H groups in total. The lowest BCUT2D eigenvalue weighted by Gasteiger charge is -2.12. The van der Waals surface area contributed by atoms with E-state index in [9.17, 15) is 4.79 Å². The molecule has 1 amide bonds. The molecule has 24 heavy (non-hydrogen) atoms. The van der Waals surface area contributed by atoms with E-state index in [1.807, 2.05) is 13.1 Å². The molecular formula is C16H14Cl2N4OS. The number of nitrogens with zero attached hydrogens (tertiary/aromatic N) is 3. The Morgan fingerprint density at radius 2 is 2.17 bits per heavy atom. The van der Waals surface area contributed by atoms with Crippen LogP contribution < -0.4 is 5.32 Å². The van der Waals surface area contributed by atoms with Gasteiger partial charge in [-0.05, 0) is 42.9 Å². The van der Waals surface area contributed by atoms with E-state index in [4.69, 9.17) is 35.4 Å². The van der Waals surface area contributed by atoms with E-state index >= 15 is 0 Å². The molecule has 2 aromatic rings. The SMILES string of the molecule is CCn1cc(CN2C(=O)/C(=C\c3ccc(Cl)cc3Cl)NC2=S)cn1. The fraction of sp³-hybridized carbons (Fsp3) is 0.188. The smallest absolute Gasteiger partial charge is 0.276 e. The number of aryl methyl sites for hydroxylation is 1. The van der Waals surface area contributed by atoms with Gasteiger partial charge in [0.05, 0.1) is 12.7 Å². The van der Waals surface area contributed by atoms with Crippen LogP contribution in [0.4, 0.5) is 0 Å². The Morgan fingerprint density at radius 3 is 2.83 bits per heavy atom. The number of benzene rings is 1. The molecule has 1 aliphatic rings. The molecule has 1 aliphatic heterocycles. The first-order valence-electron chi connectivity index (χ1n) is 7.29. The minimum Gasteiger partial charge on any atom is -0.328 e. The van der Waals surface area contributed by atoms with E-state index in [0.717, 1.165) is 12.1 Å². The lowest BCUT2D eigenvalue weighted by atomic mass is 10.2. The van der Waals surface area contributed by atoms with Crippen molar-refractivity contribution in [2.24, 2.45) is 0 Å². The molecule has 0 spiro atoms. The van der Waals surface area contributed by atoms with Gasteiger partial charge in [0, 0.05) is 28.4 Å². The zero-order valence-corrected chi connectivity index (χ0v) is 15.1. The number of nitrogens with one attached hydrogen (secondary N) is 1. The summed E-state index contributed by atoms with van der Waals surface area (Å²) in [7, 11) is 0. The molecule has 2 heterocycles. The molecule has 0 aliphatic carbocycles. The minimum atomic E-state index is -0.199. The molecule has 1 aromatic heterocycles. The molecule has 0 saturated carbocycles. The van der Waals surface area contributed by atoms with Gasteiger partial charge in [0.1, 0.15) is 5.70 Å². The molecule has 124 valence electrons. The Bertz CT molecular complexity index is 846. The summed E-state index contributed by atoms with van der Waals surface area (Å²) in [4.78, 5) is 14.1. The molecule has 0 unspecified atom stereocenters. The fourth-order valence-electron chi connectivity index (χ4n) is 2.33. The van der Waals surface area contributed by atoms with Gasteiger partial charge in [0.2, 0.25) is 0 Å². The highest BCUT2D eigenvalue weighted by Gasteiger charge is 2.31. The summed E-state index contributed by atoms with van der Waals surface area (Å²) in [6, 6.07) is 5.10. The number of carbonyl (C=O) groups is 1. The van der Waals surface area contributed by atoms with Crippen LogP contribution in [-0.4, -0.2) is 25.7 Å². The third kappa shape index (κ3) is 3.45. The second-order valence-electron chi connectivity index (χ2n) is 5.25. The second-order valence-corrected chi connectivity index (χ2v) is 6.48. The van der Waals surface area contributed by atoms with Crippen LogP contribution >= 0.6 is 35.4 Å². The predicted molar refractivity (Wildman–Crippen MR) is 98.6 cm³/mol. The van der Waals surface area contributed by atoms with E-state index in [1.54, 1.807) is 35.2 Å². The number of aromatic nitrogens is 2. The zero-order valence-electron chi connectivity index (χ0n) is 12.8. The molecule has 5 nitrogen and oxygen atoms in total. The van der Waals surface area contributed by atoms with E-state index in [0.29, 0.717) is 33.0 Å². The summed E-state index contributed by atoms with van der Waals surface area (Å²) in [5, 5.41) is 8.51. The summed E-state index contributed by atoms with van der Waals surface area (Å²) >= 11 is 17.3.